The van der Waals surface area contributed by atoms with Crippen LogP contribution in [-0.4, -0.2) is 21.5 Å². The smallest absolute Gasteiger partial charge is 0.237 e. The van der Waals surface area contributed by atoms with Crippen LogP contribution < -0.4 is 11.1 Å². The average Bonchev–Trinajstić information content (AvgIpc) is 2.85. The normalized spacial score (nSPS) is 15.7. The number of carbonyl (C=O) groups is 1. The largest absolute Gasteiger partial charge is 0.368 e. The van der Waals surface area contributed by atoms with Crippen molar-refractivity contribution in [3.8, 4) is 0 Å². The standard InChI is InChI=1S/C9H14N4O/c10-8(14)6-13-4-3-11-9(13)5-12-7-1-2-7/h3-4,7,12H,1-2,5-6H2,(H2,10,14). The quantitative estimate of drug-likeness (QED) is 0.671. The lowest BCUT2D eigenvalue weighted by molar-refractivity contribution is -0.118. The first-order chi connectivity index (χ1) is 6.75. The van der Waals surface area contributed by atoms with Crippen LogP contribution >= 0.6 is 0 Å². The second kappa shape index (κ2) is 3.79. The van der Waals surface area contributed by atoms with E-state index in [1.54, 1.807) is 17.0 Å². The Kier molecular flexibility index (Phi) is 2.49. The minimum Gasteiger partial charge on any atom is -0.368 e. The molecular formula is C9H14N4O. The van der Waals surface area contributed by atoms with Gasteiger partial charge in [-0.1, -0.05) is 0 Å². The van der Waals surface area contributed by atoms with Crippen molar-refractivity contribution in [1.82, 2.24) is 14.9 Å². The molecule has 1 amide bonds. The molecule has 1 heterocycles. The SMILES string of the molecule is NC(=O)Cn1ccnc1CNC1CC1. The van der Waals surface area contributed by atoms with Crippen molar-refractivity contribution in [2.24, 2.45) is 5.73 Å². The monoisotopic (exact) mass is 194 g/mol. The molecule has 0 unspecified atom stereocenters. The summed E-state index contributed by atoms with van der Waals surface area (Å²) >= 11 is 0. The van der Waals surface area contributed by atoms with Crippen LogP contribution in [0, 0.1) is 0 Å². The number of carbonyl (C=O) groups excluding carboxylic acids is 1. The number of primary amides is 1. The molecule has 0 saturated heterocycles. The lowest BCUT2D eigenvalue weighted by atomic mass is 10.5. The molecule has 1 aromatic heterocycles. The number of imidazole rings is 1. The van der Waals surface area contributed by atoms with Crippen LogP contribution in [0.5, 0.6) is 0 Å². The van der Waals surface area contributed by atoms with E-state index in [1.807, 2.05) is 0 Å². The maximum absolute atomic E-state index is 10.7. The molecule has 1 aliphatic carbocycles. The van der Waals surface area contributed by atoms with Crippen molar-refractivity contribution in [2.75, 3.05) is 0 Å². The lowest BCUT2D eigenvalue weighted by Gasteiger charge is -2.05. The highest BCUT2D eigenvalue weighted by atomic mass is 16.1. The van der Waals surface area contributed by atoms with Gasteiger partial charge in [0.05, 0.1) is 6.54 Å². The molecule has 1 aliphatic rings. The predicted molar refractivity (Wildman–Crippen MR) is 51.3 cm³/mol. The summed E-state index contributed by atoms with van der Waals surface area (Å²) in [6, 6.07) is 0.647. The molecule has 0 atom stereocenters. The molecule has 5 heteroatoms. The predicted octanol–water partition coefficient (Wildman–Crippen LogP) is -0.380. The van der Waals surface area contributed by atoms with Crippen LogP contribution in [-0.2, 0) is 17.9 Å². The van der Waals surface area contributed by atoms with E-state index in [-0.39, 0.29) is 12.5 Å². The Morgan fingerprint density at radius 2 is 2.50 bits per heavy atom. The maximum atomic E-state index is 10.7. The fraction of sp³-hybridized carbons (Fsp3) is 0.556. The fourth-order valence-corrected chi connectivity index (χ4v) is 1.34. The third-order valence-corrected chi connectivity index (χ3v) is 2.25. The molecule has 3 N–H and O–H groups in total. The summed E-state index contributed by atoms with van der Waals surface area (Å²) in [5, 5.41) is 3.34. The first-order valence-electron chi connectivity index (χ1n) is 4.77. The molecular weight excluding hydrogens is 180 g/mol. The van der Waals surface area contributed by atoms with Gasteiger partial charge in [-0.05, 0) is 12.8 Å². The van der Waals surface area contributed by atoms with Crippen LogP contribution in [0.25, 0.3) is 0 Å². The molecule has 1 fully saturated rings. The van der Waals surface area contributed by atoms with Crippen LogP contribution in [0.4, 0.5) is 0 Å². The van der Waals surface area contributed by atoms with E-state index in [4.69, 9.17) is 5.73 Å². The van der Waals surface area contributed by atoms with Gasteiger partial charge in [0.25, 0.3) is 0 Å². The number of aromatic nitrogens is 2. The number of rotatable bonds is 5. The topological polar surface area (TPSA) is 72.9 Å². The van der Waals surface area contributed by atoms with E-state index >= 15 is 0 Å². The summed E-state index contributed by atoms with van der Waals surface area (Å²) in [6.45, 7) is 0.923. The zero-order chi connectivity index (χ0) is 9.97. The van der Waals surface area contributed by atoms with E-state index < -0.39 is 0 Å². The van der Waals surface area contributed by atoms with E-state index in [2.05, 4.69) is 10.3 Å². The van der Waals surface area contributed by atoms with E-state index in [1.165, 1.54) is 12.8 Å². The Hall–Kier alpha value is -1.36. The van der Waals surface area contributed by atoms with Crippen molar-refractivity contribution >= 4 is 5.91 Å². The minimum atomic E-state index is -0.337. The first kappa shape index (κ1) is 9.21. The van der Waals surface area contributed by atoms with Crippen molar-refractivity contribution in [1.29, 1.82) is 0 Å². The third-order valence-electron chi connectivity index (χ3n) is 2.25. The molecule has 1 saturated carbocycles. The van der Waals surface area contributed by atoms with Gasteiger partial charge in [-0.25, -0.2) is 4.98 Å². The van der Waals surface area contributed by atoms with Gasteiger partial charge in [-0.2, -0.15) is 0 Å². The lowest BCUT2D eigenvalue weighted by Crippen LogP contribution is -2.23. The summed E-state index contributed by atoms with van der Waals surface area (Å²) in [5.74, 6) is 0.534. The van der Waals surface area contributed by atoms with Crippen LogP contribution in [0.15, 0.2) is 12.4 Å². The summed E-state index contributed by atoms with van der Waals surface area (Å²) in [6.07, 6.45) is 5.95. The second-order valence-corrected chi connectivity index (χ2v) is 3.59. The molecule has 0 aromatic carbocycles. The van der Waals surface area contributed by atoms with E-state index in [0.717, 1.165) is 5.82 Å². The number of nitrogens with zero attached hydrogens (tertiary/aromatic N) is 2. The number of hydrogen-bond acceptors (Lipinski definition) is 3. The highest BCUT2D eigenvalue weighted by Gasteiger charge is 2.20. The fourth-order valence-electron chi connectivity index (χ4n) is 1.34. The molecule has 0 radical (unpaired) electrons. The Labute approximate surface area is 82.3 Å². The van der Waals surface area contributed by atoms with Crippen molar-refractivity contribution in [3.05, 3.63) is 18.2 Å². The number of nitrogens with one attached hydrogen (secondary N) is 1. The highest BCUT2D eigenvalue weighted by molar-refractivity contribution is 5.73. The van der Waals surface area contributed by atoms with Gasteiger partial charge < -0.3 is 15.6 Å². The molecule has 0 spiro atoms. The van der Waals surface area contributed by atoms with Gasteiger partial charge in [0, 0.05) is 18.4 Å². The minimum absolute atomic E-state index is 0.210. The van der Waals surface area contributed by atoms with Gasteiger partial charge in [-0.3, -0.25) is 4.79 Å². The summed E-state index contributed by atoms with van der Waals surface area (Å²) in [7, 11) is 0. The zero-order valence-electron chi connectivity index (χ0n) is 7.94. The van der Waals surface area contributed by atoms with Crippen molar-refractivity contribution in [2.45, 2.75) is 32.0 Å². The Bertz CT molecular complexity index is 329. The molecule has 76 valence electrons. The number of nitrogens with two attached hydrogens (primary N) is 1. The Morgan fingerprint density at radius 3 is 3.14 bits per heavy atom. The molecule has 1 aromatic rings. The Balaban J connectivity index is 1.93. The summed E-state index contributed by atoms with van der Waals surface area (Å²) < 4.78 is 1.78. The van der Waals surface area contributed by atoms with Crippen LogP contribution in [0.1, 0.15) is 18.7 Å². The van der Waals surface area contributed by atoms with E-state index in [0.29, 0.717) is 12.6 Å². The number of hydrogen-bond donors (Lipinski definition) is 2. The van der Waals surface area contributed by atoms with Crippen molar-refractivity contribution < 1.29 is 4.79 Å². The molecule has 0 aliphatic heterocycles. The van der Waals surface area contributed by atoms with Crippen LogP contribution in [0.2, 0.25) is 0 Å². The van der Waals surface area contributed by atoms with Gasteiger partial charge in [0.2, 0.25) is 5.91 Å². The maximum Gasteiger partial charge on any atom is 0.237 e. The molecule has 0 bridgehead atoms. The van der Waals surface area contributed by atoms with Gasteiger partial charge in [0.1, 0.15) is 12.4 Å². The molecule has 5 nitrogen and oxygen atoms in total. The van der Waals surface area contributed by atoms with Gasteiger partial charge in [-0.15, -0.1) is 0 Å². The zero-order valence-corrected chi connectivity index (χ0v) is 7.94. The van der Waals surface area contributed by atoms with Crippen molar-refractivity contribution in [3.63, 3.8) is 0 Å². The van der Waals surface area contributed by atoms with E-state index in [9.17, 15) is 4.79 Å². The van der Waals surface area contributed by atoms with Gasteiger partial charge >= 0.3 is 0 Å². The average molecular weight is 194 g/mol. The molecule has 14 heavy (non-hydrogen) atoms. The summed E-state index contributed by atoms with van der Waals surface area (Å²) in [5.41, 5.74) is 5.11. The van der Waals surface area contributed by atoms with Crippen LogP contribution in [0.3, 0.4) is 0 Å². The number of amides is 1. The molecule has 2 rings (SSSR count). The summed E-state index contributed by atoms with van der Waals surface area (Å²) in [4.78, 5) is 14.9. The first-order valence-corrected chi connectivity index (χ1v) is 4.77. The van der Waals surface area contributed by atoms with Gasteiger partial charge in [0.15, 0.2) is 0 Å². The second-order valence-electron chi connectivity index (χ2n) is 3.59. The highest BCUT2D eigenvalue weighted by Crippen LogP contribution is 2.18. The third kappa shape index (κ3) is 2.32. The Morgan fingerprint density at radius 1 is 1.71 bits per heavy atom.